The summed E-state index contributed by atoms with van der Waals surface area (Å²) in [6.45, 7) is 2.65. The first-order chi connectivity index (χ1) is 13.0. The minimum atomic E-state index is -1.34. The largest absolute Gasteiger partial charge is 0.387 e. The lowest BCUT2D eigenvalue weighted by atomic mass is 9.98. The van der Waals surface area contributed by atoms with E-state index in [2.05, 4.69) is 6.92 Å². The van der Waals surface area contributed by atoms with Crippen LogP contribution in [-0.2, 0) is 4.79 Å². The van der Waals surface area contributed by atoms with Crippen LogP contribution in [-0.4, -0.2) is 40.8 Å². The molecular formula is C22H44N2O3. The van der Waals surface area contributed by atoms with E-state index in [1.54, 1.807) is 6.08 Å². The molecule has 0 saturated heterocycles. The minimum absolute atomic E-state index is 0.195. The van der Waals surface area contributed by atoms with Gasteiger partial charge in [-0.05, 0) is 25.8 Å². The predicted octanol–water partition coefficient (Wildman–Crippen LogP) is 3.60. The molecule has 0 saturated carbocycles. The van der Waals surface area contributed by atoms with Crippen LogP contribution in [0.15, 0.2) is 12.2 Å². The van der Waals surface area contributed by atoms with Crippen molar-refractivity contribution in [1.29, 1.82) is 0 Å². The molecule has 160 valence electrons. The standard InChI is InChI=1S/C22H44N2O3/c1-2-3-4-5-6-7-8-9-10-11-12-13-14-16-19(25)21(24)22(27)20(26)17-15-18-23/h14,16,19,21-22,25,27H,2-13,15,17-18,23-24H2,1H3/b16-14+/t19-,21-,22?/m1/s1. The molecule has 0 radical (unpaired) electrons. The molecule has 0 spiro atoms. The molecule has 1 unspecified atom stereocenters. The number of Topliss-reactive ketones (excluding diaryl/α,β-unsaturated/α-hetero) is 1. The fourth-order valence-electron chi connectivity index (χ4n) is 3.12. The summed E-state index contributed by atoms with van der Waals surface area (Å²) >= 11 is 0. The number of rotatable bonds is 19. The predicted molar refractivity (Wildman–Crippen MR) is 114 cm³/mol. The molecule has 0 aliphatic rings. The van der Waals surface area contributed by atoms with E-state index in [-0.39, 0.29) is 12.2 Å². The van der Waals surface area contributed by atoms with Crippen LogP contribution in [0.25, 0.3) is 0 Å². The van der Waals surface area contributed by atoms with E-state index in [4.69, 9.17) is 11.5 Å². The molecule has 0 heterocycles. The maximum Gasteiger partial charge on any atom is 0.163 e. The number of unbranched alkanes of at least 4 members (excludes halogenated alkanes) is 11. The van der Waals surface area contributed by atoms with Crippen molar-refractivity contribution in [1.82, 2.24) is 0 Å². The van der Waals surface area contributed by atoms with Gasteiger partial charge in [0.2, 0.25) is 0 Å². The molecule has 5 heteroatoms. The zero-order valence-corrected chi connectivity index (χ0v) is 17.5. The summed E-state index contributed by atoms with van der Waals surface area (Å²) in [7, 11) is 0. The Morgan fingerprint density at radius 2 is 1.41 bits per heavy atom. The molecule has 0 aliphatic carbocycles. The van der Waals surface area contributed by atoms with Crippen LogP contribution in [0.2, 0.25) is 0 Å². The lowest BCUT2D eigenvalue weighted by Gasteiger charge is -2.20. The third kappa shape index (κ3) is 14.9. The number of hydrogen-bond acceptors (Lipinski definition) is 5. The molecular weight excluding hydrogens is 340 g/mol. The van der Waals surface area contributed by atoms with Gasteiger partial charge in [0.1, 0.15) is 6.10 Å². The van der Waals surface area contributed by atoms with E-state index in [1.807, 2.05) is 6.08 Å². The molecule has 0 fully saturated rings. The maximum atomic E-state index is 11.7. The monoisotopic (exact) mass is 384 g/mol. The maximum absolute atomic E-state index is 11.7. The summed E-state index contributed by atoms with van der Waals surface area (Å²) in [5.41, 5.74) is 11.1. The number of carbonyl (C=O) groups excluding carboxylic acids is 1. The third-order valence-electron chi connectivity index (χ3n) is 5.02. The van der Waals surface area contributed by atoms with E-state index in [0.717, 1.165) is 12.8 Å². The molecule has 0 aromatic rings. The van der Waals surface area contributed by atoms with Gasteiger partial charge in [0.25, 0.3) is 0 Å². The number of aliphatic hydroxyl groups is 2. The van der Waals surface area contributed by atoms with Crippen molar-refractivity contribution in [3.63, 3.8) is 0 Å². The van der Waals surface area contributed by atoms with Gasteiger partial charge in [-0.25, -0.2) is 0 Å². The zero-order chi connectivity index (χ0) is 20.3. The first-order valence-corrected chi connectivity index (χ1v) is 11.1. The Labute approximate surface area is 166 Å². The molecule has 3 atom stereocenters. The summed E-state index contributed by atoms with van der Waals surface area (Å²) < 4.78 is 0. The number of ketones is 1. The Morgan fingerprint density at radius 3 is 1.93 bits per heavy atom. The van der Waals surface area contributed by atoms with Gasteiger partial charge in [0, 0.05) is 6.42 Å². The molecule has 0 aromatic carbocycles. The van der Waals surface area contributed by atoms with Gasteiger partial charge >= 0.3 is 0 Å². The molecule has 5 nitrogen and oxygen atoms in total. The SMILES string of the molecule is CCCCCCCCCCCCC/C=C/[C@@H](O)[C@@H](N)C(O)C(=O)CCCN. The number of hydrogen-bond donors (Lipinski definition) is 4. The van der Waals surface area contributed by atoms with E-state index in [1.165, 1.54) is 64.2 Å². The molecule has 0 amide bonds. The van der Waals surface area contributed by atoms with Crippen LogP contribution < -0.4 is 11.5 Å². The van der Waals surface area contributed by atoms with E-state index in [9.17, 15) is 15.0 Å². The highest BCUT2D eigenvalue weighted by molar-refractivity contribution is 5.83. The highest BCUT2D eigenvalue weighted by Gasteiger charge is 2.26. The molecule has 6 N–H and O–H groups in total. The van der Waals surface area contributed by atoms with Gasteiger partial charge < -0.3 is 21.7 Å². The van der Waals surface area contributed by atoms with Crippen molar-refractivity contribution in [3.8, 4) is 0 Å². The van der Waals surface area contributed by atoms with Crippen molar-refractivity contribution < 1.29 is 15.0 Å². The Morgan fingerprint density at radius 1 is 0.889 bits per heavy atom. The van der Waals surface area contributed by atoms with Crippen molar-refractivity contribution >= 4 is 5.78 Å². The first-order valence-electron chi connectivity index (χ1n) is 11.1. The van der Waals surface area contributed by atoms with Crippen molar-refractivity contribution in [3.05, 3.63) is 12.2 Å². The third-order valence-corrected chi connectivity index (χ3v) is 5.02. The van der Waals surface area contributed by atoms with Crippen LogP contribution in [0.1, 0.15) is 96.8 Å². The Kier molecular flexibility index (Phi) is 18.1. The Hall–Kier alpha value is -0.750. The van der Waals surface area contributed by atoms with Crippen molar-refractivity contribution in [2.24, 2.45) is 11.5 Å². The summed E-state index contributed by atoms with van der Waals surface area (Å²) in [6, 6.07) is -0.983. The lowest BCUT2D eigenvalue weighted by molar-refractivity contribution is -0.129. The van der Waals surface area contributed by atoms with Gasteiger partial charge in [-0.2, -0.15) is 0 Å². The lowest BCUT2D eigenvalue weighted by Crippen LogP contribution is -2.47. The number of carbonyl (C=O) groups is 1. The fourth-order valence-corrected chi connectivity index (χ4v) is 3.12. The minimum Gasteiger partial charge on any atom is -0.387 e. The van der Waals surface area contributed by atoms with E-state index >= 15 is 0 Å². The average Bonchev–Trinajstić information content (AvgIpc) is 2.68. The van der Waals surface area contributed by atoms with Gasteiger partial charge in [0.15, 0.2) is 5.78 Å². The molecule has 0 aromatic heterocycles. The van der Waals surface area contributed by atoms with Gasteiger partial charge in [-0.3, -0.25) is 4.79 Å². The molecule has 27 heavy (non-hydrogen) atoms. The highest BCUT2D eigenvalue weighted by Crippen LogP contribution is 2.12. The number of allylic oxidation sites excluding steroid dienone is 1. The zero-order valence-electron chi connectivity index (χ0n) is 17.5. The van der Waals surface area contributed by atoms with Crippen LogP contribution in [0, 0.1) is 0 Å². The van der Waals surface area contributed by atoms with Crippen LogP contribution in [0.3, 0.4) is 0 Å². The van der Waals surface area contributed by atoms with Gasteiger partial charge in [0.05, 0.1) is 12.1 Å². The number of aliphatic hydroxyl groups excluding tert-OH is 2. The van der Waals surface area contributed by atoms with Crippen LogP contribution >= 0.6 is 0 Å². The van der Waals surface area contributed by atoms with Gasteiger partial charge in [-0.1, -0.05) is 83.3 Å². The molecule has 0 rings (SSSR count). The number of nitrogens with two attached hydrogens (primary N) is 2. The summed E-state index contributed by atoms with van der Waals surface area (Å²) in [4.78, 5) is 11.7. The fraction of sp³-hybridized carbons (Fsp3) is 0.864. The molecule has 0 aliphatic heterocycles. The van der Waals surface area contributed by atoms with Crippen LogP contribution in [0.5, 0.6) is 0 Å². The topological polar surface area (TPSA) is 110 Å². The smallest absolute Gasteiger partial charge is 0.163 e. The summed E-state index contributed by atoms with van der Waals surface area (Å²) in [6.07, 6.45) is 17.1. The Bertz CT molecular complexity index is 375. The van der Waals surface area contributed by atoms with E-state index < -0.39 is 18.2 Å². The first kappa shape index (κ1) is 26.2. The Balaban J connectivity index is 3.65. The van der Waals surface area contributed by atoms with Crippen molar-refractivity contribution in [2.45, 2.75) is 115 Å². The normalized spacial score (nSPS) is 15.1. The van der Waals surface area contributed by atoms with Crippen molar-refractivity contribution in [2.75, 3.05) is 6.54 Å². The summed E-state index contributed by atoms with van der Waals surface area (Å²) in [5, 5.41) is 19.9. The second-order valence-corrected chi connectivity index (χ2v) is 7.62. The summed E-state index contributed by atoms with van der Waals surface area (Å²) in [5.74, 6) is -0.356. The average molecular weight is 385 g/mol. The molecule has 0 bridgehead atoms. The quantitative estimate of drug-likeness (QED) is 0.201. The second kappa shape index (κ2) is 18.6. The highest BCUT2D eigenvalue weighted by atomic mass is 16.3. The van der Waals surface area contributed by atoms with E-state index in [0.29, 0.717) is 13.0 Å². The van der Waals surface area contributed by atoms with Crippen LogP contribution in [0.4, 0.5) is 0 Å². The van der Waals surface area contributed by atoms with Gasteiger partial charge in [-0.15, -0.1) is 0 Å². The second-order valence-electron chi connectivity index (χ2n) is 7.62.